The molecule has 0 atom stereocenters. The van der Waals surface area contributed by atoms with Crippen molar-refractivity contribution in [2.24, 2.45) is 0 Å². The second kappa shape index (κ2) is 16.7. The summed E-state index contributed by atoms with van der Waals surface area (Å²) >= 11 is 0. The molecule has 0 unspecified atom stereocenters. The van der Waals surface area contributed by atoms with Gasteiger partial charge >= 0.3 is 0 Å². The predicted octanol–water partition coefficient (Wildman–Crippen LogP) is 0.0166. The van der Waals surface area contributed by atoms with Crippen LogP contribution in [0.1, 0.15) is 13.8 Å². The van der Waals surface area contributed by atoms with Gasteiger partial charge in [0.15, 0.2) is 0 Å². The van der Waals surface area contributed by atoms with E-state index < -0.39 is 0 Å². The number of ether oxygens (including phenoxy) is 1. The van der Waals surface area contributed by atoms with Crippen molar-refractivity contribution >= 4 is 12.6 Å². The summed E-state index contributed by atoms with van der Waals surface area (Å²) in [6.07, 6.45) is 1.50. The van der Waals surface area contributed by atoms with Crippen LogP contribution >= 0.6 is 0 Å². The second-order valence-electron chi connectivity index (χ2n) is 1.83. The van der Waals surface area contributed by atoms with Crippen molar-refractivity contribution in [3.63, 3.8) is 0 Å². The van der Waals surface area contributed by atoms with Crippen LogP contribution in [0.15, 0.2) is 0 Å². The van der Waals surface area contributed by atoms with Gasteiger partial charge in [-0.3, -0.25) is 0 Å². The first-order valence-electron chi connectivity index (χ1n) is 3.91. The zero-order valence-electron chi connectivity index (χ0n) is 7.71. The topological polar surface area (TPSA) is 55.4 Å². The monoisotopic (exact) mass is 175 g/mol. The molecule has 4 heteroatoms. The number of hydrogen-bond donors (Lipinski definition) is 1. The Balaban J connectivity index is 0. The van der Waals surface area contributed by atoms with Gasteiger partial charge < -0.3 is 19.6 Å². The maximum Gasteiger partial charge on any atom is 0.116 e. The standard InChI is InChI=1S/C4H9NO.2C2H4O/c1-3-6-4-2-5-1;2*1-2-3/h5H,1-4H2;2*2H,1H3. The molecule has 1 N–H and O–H groups in total. The number of aldehydes is 2. The SMILES string of the molecule is C1COCCN1.CC=O.CC=O. The van der Waals surface area contributed by atoms with Crippen LogP contribution in [0.5, 0.6) is 0 Å². The minimum Gasteiger partial charge on any atom is -0.379 e. The summed E-state index contributed by atoms with van der Waals surface area (Å²) in [7, 11) is 0. The molecule has 1 aliphatic heterocycles. The van der Waals surface area contributed by atoms with Crippen molar-refractivity contribution in [2.75, 3.05) is 26.3 Å². The van der Waals surface area contributed by atoms with Gasteiger partial charge in [-0.15, -0.1) is 0 Å². The Labute approximate surface area is 73.3 Å². The Hall–Kier alpha value is -0.740. The molecule has 1 aliphatic rings. The van der Waals surface area contributed by atoms with Gasteiger partial charge in [0, 0.05) is 13.1 Å². The number of nitrogens with one attached hydrogen (secondary N) is 1. The molecule has 0 radical (unpaired) electrons. The fourth-order valence-corrected chi connectivity index (χ4v) is 0.516. The Morgan fingerprint density at radius 3 is 1.50 bits per heavy atom. The molecule has 12 heavy (non-hydrogen) atoms. The molecular weight excluding hydrogens is 158 g/mol. The first-order chi connectivity index (χ1) is 5.83. The van der Waals surface area contributed by atoms with E-state index in [4.69, 9.17) is 14.3 Å². The lowest BCUT2D eigenvalue weighted by Gasteiger charge is -2.10. The van der Waals surface area contributed by atoms with E-state index in [-0.39, 0.29) is 0 Å². The van der Waals surface area contributed by atoms with Gasteiger partial charge in [-0.25, -0.2) is 0 Å². The lowest BCUT2D eigenvalue weighted by atomic mass is 10.5. The van der Waals surface area contributed by atoms with Gasteiger partial charge in [0.05, 0.1) is 13.2 Å². The molecule has 1 saturated heterocycles. The van der Waals surface area contributed by atoms with Gasteiger partial charge in [-0.05, 0) is 13.8 Å². The number of carbonyl (C=O) groups is 2. The molecule has 0 aromatic heterocycles. The molecule has 1 heterocycles. The quantitative estimate of drug-likeness (QED) is 0.527. The maximum atomic E-state index is 8.81. The molecular formula is C8H17NO3. The Morgan fingerprint density at radius 2 is 1.42 bits per heavy atom. The van der Waals surface area contributed by atoms with Crippen molar-refractivity contribution in [3.05, 3.63) is 0 Å². The third-order valence-electron chi connectivity index (χ3n) is 0.846. The molecule has 0 aliphatic carbocycles. The van der Waals surface area contributed by atoms with E-state index in [1.807, 2.05) is 0 Å². The molecule has 0 bridgehead atoms. The highest BCUT2D eigenvalue weighted by atomic mass is 16.5. The lowest BCUT2D eigenvalue weighted by Crippen LogP contribution is -2.30. The molecule has 0 amide bonds. The second-order valence-corrected chi connectivity index (χ2v) is 1.83. The molecule has 1 fully saturated rings. The van der Waals surface area contributed by atoms with Crippen LogP contribution in [-0.4, -0.2) is 38.9 Å². The number of morpholine rings is 1. The van der Waals surface area contributed by atoms with E-state index >= 15 is 0 Å². The van der Waals surface area contributed by atoms with Gasteiger partial charge in [0.1, 0.15) is 12.6 Å². The Morgan fingerprint density at radius 1 is 1.08 bits per heavy atom. The summed E-state index contributed by atoms with van der Waals surface area (Å²) in [4.78, 5) is 17.6. The minimum atomic E-state index is 0.750. The predicted molar refractivity (Wildman–Crippen MR) is 47.2 cm³/mol. The maximum absolute atomic E-state index is 8.81. The molecule has 0 spiro atoms. The Kier molecular flexibility index (Phi) is 19.2. The van der Waals surface area contributed by atoms with Crippen molar-refractivity contribution < 1.29 is 14.3 Å². The van der Waals surface area contributed by atoms with E-state index in [0.717, 1.165) is 38.9 Å². The fourth-order valence-electron chi connectivity index (χ4n) is 0.516. The van der Waals surface area contributed by atoms with Crippen LogP contribution < -0.4 is 5.32 Å². The number of carbonyl (C=O) groups excluding carboxylic acids is 2. The van der Waals surface area contributed by atoms with Gasteiger partial charge in [0.2, 0.25) is 0 Å². The highest BCUT2D eigenvalue weighted by molar-refractivity contribution is 5.44. The van der Waals surface area contributed by atoms with E-state index in [2.05, 4.69) is 5.32 Å². The van der Waals surface area contributed by atoms with Crippen molar-refractivity contribution in [1.29, 1.82) is 0 Å². The van der Waals surface area contributed by atoms with Crippen LogP contribution in [-0.2, 0) is 14.3 Å². The van der Waals surface area contributed by atoms with Gasteiger partial charge in [-0.1, -0.05) is 0 Å². The van der Waals surface area contributed by atoms with Crippen LogP contribution in [0.2, 0.25) is 0 Å². The zero-order chi connectivity index (χ0) is 9.66. The molecule has 0 saturated carbocycles. The van der Waals surface area contributed by atoms with E-state index in [1.54, 1.807) is 0 Å². The van der Waals surface area contributed by atoms with E-state index in [1.165, 1.54) is 13.8 Å². The Bertz CT molecular complexity index is 74.8. The first kappa shape index (κ1) is 13.8. The summed E-state index contributed by atoms with van der Waals surface area (Å²) in [6, 6.07) is 0. The third kappa shape index (κ3) is 22.8. The molecule has 72 valence electrons. The van der Waals surface area contributed by atoms with Crippen LogP contribution in [0.25, 0.3) is 0 Å². The number of hydrogen-bond acceptors (Lipinski definition) is 4. The zero-order valence-corrected chi connectivity index (χ0v) is 7.71. The van der Waals surface area contributed by atoms with Gasteiger partial charge in [0.25, 0.3) is 0 Å². The van der Waals surface area contributed by atoms with E-state index in [9.17, 15) is 0 Å². The minimum absolute atomic E-state index is 0.750. The highest BCUT2D eigenvalue weighted by Gasteiger charge is 1.92. The van der Waals surface area contributed by atoms with Crippen molar-refractivity contribution in [3.8, 4) is 0 Å². The normalized spacial score (nSPS) is 14.2. The summed E-state index contributed by atoms with van der Waals surface area (Å²) in [5.74, 6) is 0. The van der Waals surface area contributed by atoms with Crippen molar-refractivity contribution in [2.45, 2.75) is 13.8 Å². The fraction of sp³-hybridized carbons (Fsp3) is 0.750. The van der Waals surface area contributed by atoms with Crippen LogP contribution in [0.4, 0.5) is 0 Å². The molecule has 0 aromatic rings. The first-order valence-corrected chi connectivity index (χ1v) is 3.91. The molecule has 4 nitrogen and oxygen atoms in total. The average molecular weight is 175 g/mol. The smallest absolute Gasteiger partial charge is 0.116 e. The largest absolute Gasteiger partial charge is 0.379 e. The molecule has 1 rings (SSSR count). The molecule has 0 aromatic carbocycles. The van der Waals surface area contributed by atoms with Crippen LogP contribution in [0.3, 0.4) is 0 Å². The highest BCUT2D eigenvalue weighted by Crippen LogP contribution is 1.76. The average Bonchev–Trinajstić information content (AvgIpc) is 2.10. The summed E-state index contributed by atoms with van der Waals surface area (Å²) in [5.41, 5.74) is 0. The van der Waals surface area contributed by atoms with Crippen LogP contribution in [0, 0.1) is 0 Å². The number of rotatable bonds is 0. The summed E-state index contributed by atoms with van der Waals surface area (Å²) in [6.45, 7) is 6.72. The van der Waals surface area contributed by atoms with Gasteiger partial charge in [-0.2, -0.15) is 0 Å². The van der Waals surface area contributed by atoms with Crippen molar-refractivity contribution in [1.82, 2.24) is 5.32 Å². The van der Waals surface area contributed by atoms with E-state index in [0.29, 0.717) is 0 Å². The third-order valence-corrected chi connectivity index (χ3v) is 0.846. The lowest BCUT2D eigenvalue weighted by molar-refractivity contribution is -0.106. The summed E-state index contributed by atoms with van der Waals surface area (Å²) < 4.78 is 5.01. The summed E-state index contributed by atoms with van der Waals surface area (Å²) in [5, 5.41) is 3.16.